The van der Waals surface area contributed by atoms with Gasteiger partial charge in [-0.1, -0.05) is 0 Å². The molecule has 0 spiro atoms. The van der Waals surface area contributed by atoms with Crippen LogP contribution >= 0.6 is 0 Å². The van der Waals surface area contributed by atoms with Gasteiger partial charge >= 0.3 is 70.9 Å². The van der Waals surface area contributed by atoms with Gasteiger partial charge < -0.3 is 0 Å². The van der Waals surface area contributed by atoms with E-state index in [0.717, 1.165) is 0 Å². The van der Waals surface area contributed by atoms with Crippen molar-refractivity contribution in [3.63, 3.8) is 0 Å². The molecule has 0 N–H and O–H groups in total. The fourth-order valence-electron chi connectivity index (χ4n) is 1.07. The van der Waals surface area contributed by atoms with E-state index in [1.54, 1.807) is 0 Å². The molecule has 0 amide bonds. The molecular weight excluding hydrogens is 117 g/mol. The first-order valence-electron chi connectivity index (χ1n) is 3.45. The monoisotopic (exact) mass is 127 g/mol. The van der Waals surface area contributed by atoms with Crippen LogP contribution in [0.25, 0.3) is 0 Å². The molecule has 0 aliphatic rings. The van der Waals surface area contributed by atoms with E-state index in [2.05, 4.69) is 61.0 Å². The van der Waals surface area contributed by atoms with Crippen LogP contribution in [0.4, 0.5) is 5.69 Å². The van der Waals surface area contributed by atoms with Crippen molar-refractivity contribution < 1.29 is 0 Å². The Kier molecular flexibility index (Phi) is 2.43. The molecule has 48 valence electrons. The van der Waals surface area contributed by atoms with Crippen LogP contribution in [0.1, 0.15) is 0 Å². The molecule has 10 heavy (non-hydrogen) atoms. The Morgan fingerprint density at radius 3 is 2.20 bits per heavy atom. The molecule has 0 atom stereocenters. The van der Waals surface area contributed by atoms with Crippen LogP contribution in [0, 0.1) is 0 Å². The first-order chi connectivity index (χ1) is 4.72. The van der Waals surface area contributed by atoms with Crippen molar-refractivity contribution >= 4 is 27.6 Å². The van der Waals surface area contributed by atoms with Crippen molar-refractivity contribution in [2.45, 2.75) is 0 Å². The maximum atomic E-state index is 2.12. The predicted octanol–water partition coefficient (Wildman–Crippen LogP) is 0.546. The van der Waals surface area contributed by atoms with Crippen molar-refractivity contribution in [1.29, 1.82) is 0 Å². The third kappa shape index (κ3) is 1.56. The van der Waals surface area contributed by atoms with E-state index < -0.39 is 0 Å². The Bertz CT molecular complexity index is 220. The molecule has 0 aliphatic carbocycles. The third-order valence-electron chi connectivity index (χ3n) is 1.60. The number of benzene rings is 1. The van der Waals surface area contributed by atoms with Gasteiger partial charge in [-0.3, -0.25) is 0 Å². The van der Waals surface area contributed by atoms with E-state index >= 15 is 0 Å². The number of hydrogen-bond acceptors (Lipinski definition) is 1. The van der Waals surface area contributed by atoms with Gasteiger partial charge in [0.25, 0.3) is 0 Å². The molecule has 1 nitrogen and oxygen atoms in total. The van der Waals surface area contributed by atoms with Crippen molar-refractivity contribution in [2.24, 2.45) is 0 Å². The average Bonchev–Trinajstić information content (AvgIpc) is 1.88. The van der Waals surface area contributed by atoms with Gasteiger partial charge in [0.2, 0.25) is 0 Å². The molecule has 0 saturated heterocycles. The molecule has 0 saturated carbocycles. The van der Waals surface area contributed by atoms with Crippen LogP contribution in [0.15, 0.2) is 24.3 Å². The van der Waals surface area contributed by atoms with Gasteiger partial charge in [-0.05, 0) is 0 Å². The van der Waals surface area contributed by atoms with Gasteiger partial charge in [-0.25, -0.2) is 0 Å². The molecule has 0 unspecified atom stereocenters. The second-order valence-electron chi connectivity index (χ2n) is 2.68. The van der Waals surface area contributed by atoms with Crippen LogP contribution < -0.4 is 9.14 Å². The summed E-state index contributed by atoms with van der Waals surface area (Å²) in [4.78, 5) is 2.12. The summed E-state index contributed by atoms with van der Waals surface area (Å²) < 4.78 is 1.33. The minimum absolute atomic E-state index is 1.29. The quantitative estimate of drug-likeness (QED) is 0.498. The van der Waals surface area contributed by atoms with Gasteiger partial charge in [0.15, 0.2) is 0 Å². The Hall–Kier alpha value is -0.383. The topological polar surface area (TPSA) is 3.24 Å². The normalized spacial score (nSPS) is 9.60. The van der Waals surface area contributed by atoms with E-state index in [1.807, 2.05) is 0 Å². The summed E-state index contributed by atoms with van der Waals surface area (Å²) in [5, 5.41) is 0. The fourth-order valence-corrected chi connectivity index (χ4v) is 1.07. The molecular formula is C8H10LiN. The molecule has 0 aromatic heterocycles. The van der Waals surface area contributed by atoms with E-state index in [9.17, 15) is 0 Å². The molecule has 1 aromatic carbocycles. The van der Waals surface area contributed by atoms with Crippen LogP contribution in [-0.2, 0) is 0 Å². The zero-order chi connectivity index (χ0) is 7.56. The average molecular weight is 127 g/mol. The van der Waals surface area contributed by atoms with E-state index in [1.165, 1.54) is 9.92 Å². The number of anilines is 1. The Morgan fingerprint density at radius 1 is 1.20 bits per heavy atom. The molecule has 0 bridgehead atoms. The maximum absolute atomic E-state index is 2.12. The van der Waals surface area contributed by atoms with Crippen molar-refractivity contribution in [1.82, 2.24) is 0 Å². The van der Waals surface area contributed by atoms with Crippen LogP contribution in [0.5, 0.6) is 0 Å². The van der Waals surface area contributed by atoms with Crippen molar-refractivity contribution in [3.8, 4) is 0 Å². The second-order valence-corrected chi connectivity index (χ2v) is 2.68. The Labute approximate surface area is 71.2 Å². The van der Waals surface area contributed by atoms with Crippen LogP contribution in [0.3, 0.4) is 0 Å². The van der Waals surface area contributed by atoms with E-state index in [4.69, 9.17) is 0 Å². The first kappa shape index (κ1) is 7.72. The Balaban J connectivity index is 3.03. The molecule has 0 aliphatic heterocycles. The van der Waals surface area contributed by atoms with Gasteiger partial charge in [-0.2, -0.15) is 0 Å². The summed E-state index contributed by atoms with van der Waals surface area (Å²) in [6.45, 7) is 0. The molecule has 0 heterocycles. The number of nitrogens with zero attached hydrogens (tertiary/aromatic N) is 1. The number of rotatable bonds is 1. The standard InChI is InChI=1S/C8H10N.Li/c1-9(2)8-6-4-3-5-7-8;/h3-6H,1-2H3;. The molecule has 1 aromatic rings. The van der Waals surface area contributed by atoms with Crippen molar-refractivity contribution in [2.75, 3.05) is 19.0 Å². The van der Waals surface area contributed by atoms with Crippen LogP contribution in [0.2, 0.25) is 0 Å². The van der Waals surface area contributed by atoms with Crippen LogP contribution in [-0.4, -0.2) is 31.8 Å². The summed E-state index contributed by atoms with van der Waals surface area (Å²) in [6, 6.07) is 8.36. The summed E-state index contributed by atoms with van der Waals surface area (Å²) in [6.07, 6.45) is 0. The van der Waals surface area contributed by atoms with Gasteiger partial charge in [-0.15, -0.1) is 0 Å². The van der Waals surface area contributed by atoms with E-state index in [0.29, 0.717) is 0 Å². The fraction of sp³-hybridized carbons (Fsp3) is 0.250. The summed E-state index contributed by atoms with van der Waals surface area (Å²) >= 11 is 2.12. The molecule has 0 fully saturated rings. The zero-order valence-electron chi connectivity index (χ0n) is 6.76. The summed E-state index contributed by atoms with van der Waals surface area (Å²) in [5.41, 5.74) is 1.29. The molecule has 0 radical (unpaired) electrons. The summed E-state index contributed by atoms with van der Waals surface area (Å²) in [7, 11) is 4.12. The number of hydrogen-bond donors (Lipinski definition) is 0. The zero-order valence-corrected chi connectivity index (χ0v) is 6.76. The predicted molar refractivity (Wildman–Crippen MR) is 46.2 cm³/mol. The molecule has 2 heteroatoms. The third-order valence-corrected chi connectivity index (χ3v) is 1.60. The Morgan fingerprint density at radius 2 is 1.80 bits per heavy atom. The summed E-state index contributed by atoms with van der Waals surface area (Å²) in [5.74, 6) is 0. The minimum atomic E-state index is 1.29. The van der Waals surface area contributed by atoms with Gasteiger partial charge in [0, 0.05) is 0 Å². The molecule has 1 rings (SSSR count). The van der Waals surface area contributed by atoms with Gasteiger partial charge in [0.05, 0.1) is 0 Å². The SMILES string of the molecule is [Li][c]1ccccc1N(C)C. The van der Waals surface area contributed by atoms with E-state index in [-0.39, 0.29) is 0 Å². The first-order valence-corrected chi connectivity index (χ1v) is 3.45. The number of para-hydroxylation sites is 1. The second kappa shape index (κ2) is 3.14. The van der Waals surface area contributed by atoms with Crippen molar-refractivity contribution in [3.05, 3.63) is 24.3 Å². The van der Waals surface area contributed by atoms with Gasteiger partial charge in [0.1, 0.15) is 0 Å².